The van der Waals surface area contributed by atoms with Crippen LogP contribution in [0.5, 0.6) is 0 Å². The van der Waals surface area contributed by atoms with Crippen LogP contribution >= 0.6 is 0 Å². The predicted molar refractivity (Wildman–Crippen MR) is 79.2 cm³/mol. The molecule has 4 rings (SSSR count). The Morgan fingerprint density at radius 1 is 1.19 bits per heavy atom. The van der Waals surface area contributed by atoms with Crippen molar-refractivity contribution in [3.63, 3.8) is 0 Å². The third kappa shape index (κ3) is 3.67. The smallest absolute Gasteiger partial charge is 0.317 e. The van der Waals surface area contributed by atoms with Gasteiger partial charge >= 0.3 is 6.03 Å². The van der Waals surface area contributed by atoms with Gasteiger partial charge in [0, 0.05) is 52.0 Å². The molecule has 0 aromatic heterocycles. The van der Waals surface area contributed by atoms with Crippen LogP contribution in [0, 0.1) is 0 Å². The monoisotopic (exact) mass is 297 g/mol. The van der Waals surface area contributed by atoms with Crippen LogP contribution in [-0.2, 0) is 4.74 Å². The Balaban J connectivity index is 1.45. The summed E-state index contributed by atoms with van der Waals surface area (Å²) in [5.41, 5.74) is -0.658. The van der Waals surface area contributed by atoms with E-state index in [1.54, 1.807) is 0 Å². The molecule has 0 atom stereocenters. The van der Waals surface area contributed by atoms with Crippen molar-refractivity contribution in [1.82, 2.24) is 15.1 Å². The summed E-state index contributed by atoms with van der Waals surface area (Å²) >= 11 is 0. The molecule has 0 aliphatic carbocycles. The molecule has 0 aromatic carbocycles. The van der Waals surface area contributed by atoms with E-state index in [0.29, 0.717) is 45.1 Å². The summed E-state index contributed by atoms with van der Waals surface area (Å²) in [6, 6.07) is 0.439. The summed E-state index contributed by atoms with van der Waals surface area (Å²) in [6.45, 7) is 5.84. The predicted octanol–water partition coefficient (Wildman–Crippen LogP) is 0.408. The second-order valence-electron chi connectivity index (χ2n) is 6.58. The number of ether oxygens (including phenoxy) is 1. The van der Waals surface area contributed by atoms with Crippen LogP contribution in [0.15, 0.2) is 0 Å². The van der Waals surface area contributed by atoms with E-state index in [4.69, 9.17) is 4.74 Å². The first-order chi connectivity index (χ1) is 10.2. The largest absolute Gasteiger partial charge is 0.390 e. The van der Waals surface area contributed by atoms with E-state index in [0.717, 1.165) is 39.0 Å². The summed E-state index contributed by atoms with van der Waals surface area (Å²) in [5, 5.41) is 13.4. The fourth-order valence-corrected chi connectivity index (χ4v) is 3.66. The number of nitrogens with one attached hydrogen (secondary N) is 1. The molecule has 2 amide bonds. The molecule has 0 radical (unpaired) electrons. The molecular formula is C15H27N3O3. The lowest BCUT2D eigenvalue weighted by atomic mass is 9.91. The molecule has 6 heteroatoms. The zero-order valence-corrected chi connectivity index (χ0v) is 12.7. The molecule has 2 N–H and O–H groups in total. The average Bonchev–Trinajstić information content (AvgIpc) is 2.81. The third-order valence-corrected chi connectivity index (χ3v) is 5.21. The average molecular weight is 297 g/mol. The van der Waals surface area contributed by atoms with Gasteiger partial charge in [0.15, 0.2) is 0 Å². The maximum absolute atomic E-state index is 12.4. The molecule has 4 fully saturated rings. The van der Waals surface area contributed by atoms with E-state index in [9.17, 15) is 9.90 Å². The highest BCUT2D eigenvalue weighted by Crippen LogP contribution is 2.24. The number of piperidine rings is 1. The van der Waals surface area contributed by atoms with Gasteiger partial charge in [-0.15, -0.1) is 0 Å². The Kier molecular flexibility index (Phi) is 4.66. The second kappa shape index (κ2) is 6.50. The first-order valence-electron chi connectivity index (χ1n) is 8.23. The maximum atomic E-state index is 12.4. The number of fused-ring (bicyclic) bond motifs is 4. The van der Waals surface area contributed by atoms with Crippen LogP contribution in [0.1, 0.15) is 32.1 Å². The standard InChI is InChI=1S/C15H27N3O3/c19-14(16-6-3-15(20)4-11-21-12-5-15)18-10-9-17-7-1-13(18)2-8-17/h13,20H,1-12H2,(H,16,19). The van der Waals surface area contributed by atoms with Gasteiger partial charge in [-0.05, 0) is 32.1 Å². The van der Waals surface area contributed by atoms with Crippen molar-refractivity contribution in [3.05, 3.63) is 0 Å². The van der Waals surface area contributed by atoms with Crippen molar-refractivity contribution in [1.29, 1.82) is 0 Å². The number of hydrogen-bond donors (Lipinski definition) is 2. The number of urea groups is 1. The van der Waals surface area contributed by atoms with Gasteiger partial charge in [0.25, 0.3) is 0 Å². The van der Waals surface area contributed by atoms with Crippen LogP contribution in [0.4, 0.5) is 4.79 Å². The normalized spacial score (nSPS) is 31.8. The Bertz CT molecular complexity index is 363. The molecule has 0 spiro atoms. The van der Waals surface area contributed by atoms with Crippen molar-refractivity contribution in [3.8, 4) is 0 Å². The molecule has 0 unspecified atom stereocenters. The summed E-state index contributed by atoms with van der Waals surface area (Å²) in [6.07, 6.45) is 4.14. The number of nitrogens with zero attached hydrogens (tertiary/aromatic N) is 2. The Hall–Kier alpha value is -0.850. The van der Waals surface area contributed by atoms with Gasteiger partial charge in [0.2, 0.25) is 0 Å². The first-order valence-corrected chi connectivity index (χ1v) is 8.23. The van der Waals surface area contributed by atoms with E-state index in [2.05, 4.69) is 10.2 Å². The zero-order valence-electron chi connectivity index (χ0n) is 12.7. The fourth-order valence-electron chi connectivity index (χ4n) is 3.66. The Morgan fingerprint density at radius 3 is 2.62 bits per heavy atom. The maximum Gasteiger partial charge on any atom is 0.317 e. The van der Waals surface area contributed by atoms with Gasteiger partial charge in [-0.3, -0.25) is 0 Å². The number of amides is 2. The van der Waals surface area contributed by atoms with Crippen molar-refractivity contribution in [2.45, 2.75) is 43.7 Å². The lowest BCUT2D eigenvalue weighted by molar-refractivity contribution is -0.0670. The molecule has 120 valence electrons. The number of rotatable bonds is 3. The van der Waals surface area contributed by atoms with Gasteiger partial charge < -0.3 is 25.0 Å². The minimum atomic E-state index is -0.658. The highest BCUT2D eigenvalue weighted by Gasteiger charge is 2.33. The van der Waals surface area contributed by atoms with E-state index in [-0.39, 0.29) is 6.03 Å². The molecule has 4 saturated heterocycles. The highest BCUT2D eigenvalue weighted by molar-refractivity contribution is 5.74. The topological polar surface area (TPSA) is 65.0 Å². The number of carbonyl (C=O) groups is 1. The number of carbonyl (C=O) groups excluding carboxylic acids is 1. The molecule has 2 bridgehead atoms. The minimum absolute atomic E-state index is 0.0411. The summed E-state index contributed by atoms with van der Waals surface area (Å²) in [5.74, 6) is 0. The Labute approximate surface area is 126 Å². The summed E-state index contributed by atoms with van der Waals surface area (Å²) in [4.78, 5) is 16.8. The Morgan fingerprint density at radius 2 is 1.90 bits per heavy atom. The molecule has 0 saturated carbocycles. The summed E-state index contributed by atoms with van der Waals surface area (Å²) in [7, 11) is 0. The molecular weight excluding hydrogens is 270 g/mol. The number of aliphatic hydroxyl groups is 1. The third-order valence-electron chi connectivity index (χ3n) is 5.21. The van der Waals surface area contributed by atoms with Crippen LogP contribution in [0.2, 0.25) is 0 Å². The molecule has 6 nitrogen and oxygen atoms in total. The first kappa shape index (κ1) is 15.1. The van der Waals surface area contributed by atoms with E-state index in [1.165, 1.54) is 0 Å². The number of hydrogen-bond acceptors (Lipinski definition) is 4. The lowest BCUT2D eigenvalue weighted by Crippen LogP contribution is -2.48. The lowest BCUT2D eigenvalue weighted by Gasteiger charge is -2.33. The van der Waals surface area contributed by atoms with Crippen LogP contribution < -0.4 is 5.32 Å². The van der Waals surface area contributed by atoms with Gasteiger partial charge in [0.05, 0.1) is 5.60 Å². The van der Waals surface area contributed by atoms with Crippen molar-refractivity contribution in [2.75, 3.05) is 45.9 Å². The quantitative estimate of drug-likeness (QED) is 0.792. The zero-order chi connectivity index (χ0) is 14.7. The minimum Gasteiger partial charge on any atom is -0.390 e. The van der Waals surface area contributed by atoms with Crippen molar-refractivity contribution >= 4 is 6.03 Å². The molecule has 4 aliphatic heterocycles. The van der Waals surface area contributed by atoms with Gasteiger partial charge in [-0.1, -0.05) is 0 Å². The van der Waals surface area contributed by atoms with E-state index < -0.39 is 5.60 Å². The molecule has 0 aromatic rings. The van der Waals surface area contributed by atoms with E-state index in [1.807, 2.05) is 4.90 Å². The van der Waals surface area contributed by atoms with Crippen LogP contribution in [0.25, 0.3) is 0 Å². The fraction of sp³-hybridized carbons (Fsp3) is 0.933. The van der Waals surface area contributed by atoms with E-state index >= 15 is 0 Å². The SMILES string of the molecule is O=C(NCCC1(O)CCOCC1)N1CCN2CCC1CC2. The molecule has 4 heterocycles. The van der Waals surface area contributed by atoms with Crippen LogP contribution in [-0.4, -0.2) is 78.5 Å². The summed E-state index contributed by atoms with van der Waals surface area (Å²) < 4.78 is 5.27. The van der Waals surface area contributed by atoms with Gasteiger partial charge in [-0.2, -0.15) is 0 Å². The van der Waals surface area contributed by atoms with Crippen molar-refractivity contribution < 1.29 is 14.6 Å². The van der Waals surface area contributed by atoms with Crippen molar-refractivity contribution in [2.24, 2.45) is 0 Å². The molecule has 4 aliphatic rings. The second-order valence-corrected chi connectivity index (χ2v) is 6.58. The van der Waals surface area contributed by atoms with Gasteiger partial charge in [-0.25, -0.2) is 4.79 Å². The van der Waals surface area contributed by atoms with Gasteiger partial charge in [0.1, 0.15) is 0 Å². The molecule has 21 heavy (non-hydrogen) atoms. The highest BCUT2D eigenvalue weighted by atomic mass is 16.5. The van der Waals surface area contributed by atoms with Crippen LogP contribution in [0.3, 0.4) is 0 Å².